The average Bonchev–Trinajstić information content (AvgIpc) is 2.89. The Labute approximate surface area is 172 Å². The fraction of sp³-hybridized carbons (Fsp3) is 0.591. The molecule has 140 valence electrons. The van der Waals surface area contributed by atoms with Gasteiger partial charge >= 0.3 is 0 Å². The number of fused-ring (bicyclic) bond motifs is 5. The van der Waals surface area contributed by atoms with Gasteiger partial charge in [0.2, 0.25) is 0 Å². The number of allylic oxidation sites excluding steroid dienone is 1. The van der Waals surface area contributed by atoms with Crippen molar-refractivity contribution in [2.24, 2.45) is 23.2 Å². The van der Waals surface area contributed by atoms with Gasteiger partial charge < -0.3 is 5.11 Å². The summed E-state index contributed by atoms with van der Waals surface area (Å²) in [5.41, 5.74) is 2.64. The van der Waals surface area contributed by atoms with Crippen molar-refractivity contribution in [2.75, 3.05) is 0 Å². The third-order valence-electron chi connectivity index (χ3n) is 7.38. The number of halogens is 2. The SMILES string of the molecule is C[C@]12C[C@H](CCC=C(Br)Br)C3c4ccc(O)cc4CCC3C1CCC2=O. The van der Waals surface area contributed by atoms with Crippen molar-refractivity contribution >= 4 is 37.6 Å². The Morgan fingerprint density at radius 2 is 2.12 bits per heavy atom. The molecule has 4 heteroatoms. The molecule has 0 spiro atoms. The second-order valence-electron chi connectivity index (χ2n) is 8.63. The van der Waals surface area contributed by atoms with Gasteiger partial charge in [0, 0.05) is 11.8 Å². The molecule has 0 radical (unpaired) electrons. The summed E-state index contributed by atoms with van der Waals surface area (Å²) in [6.45, 7) is 2.25. The van der Waals surface area contributed by atoms with Gasteiger partial charge in [-0.2, -0.15) is 0 Å². The maximum Gasteiger partial charge on any atom is 0.139 e. The summed E-state index contributed by atoms with van der Waals surface area (Å²) in [7, 11) is 0. The quantitative estimate of drug-likeness (QED) is 0.538. The van der Waals surface area contributed by atoms with Crippen molar-refractivity contribution in [3.63, 3.8) is 0 Å². The molecule has 1 N–H and O–H groups in total. The van der Waals surface area contributed by atoms with E-state index in [0.717, 1.165) is 48.3 Å². The first kappa shape index (κ1) is 18.7. The van der Waals surface area contributed by atoms with Crippen LogP contribution in [0, 0.1) is 23.2 Å². The van der Waals surface area contributed by atoms with Crippen molar-refractivity contribution in [1.82, 2.24) is 0 Å². The van der Waals surface area contributed by atoms with Gasteiger partial charge in [-0.15, -0.1) is 0 Å². The lowest BCUT2D eigenvalue weighted by molar-refractivity contribution is -0.131. The number of carbonyl (C=O) groups excluding carboxylic acids is 1. The number of rotatable bonds is 3. The minimum absolute atomic E-state index is 0.115. The highest BCUT2D eigenvalue weighted by molar-refractivity contribution is 9.28. The summed E-state index contributed by atoms with van der Waals surface area (Å²) >= 11 is 6.93. The number of hydrogen-bond donors (Lipinski definition) is 1. The minimum atomic E-state index is -0.115. The van der Waals surface area contributed by atoms with Crippen molar-refractivity contribution < 1.29 is 9.90 Å². The molecule has 2 fully saturated rings. The zero-order valence-corrected chi connectivity index (χ0v) is 18.4. The second-order valence-corrected chi connectivity index (χ2v) is 11.4. The number of carbonyl (C=O) groups is 1. The monoisotopic (exact) mass is 480 g/mol. The standard InChI is InChI=1S/C22H26Br2O2/c1-22-12-14(3-2-4-20(23)24)21-16-8-6-15(25)11-13(16)5-7-17(21)18(22)9-10-19(22)26/h4,6,8,11,14,17-18,21,25H,2-3,5,7,9-10,12H2,1H3/t14-,17?,18?,21?,22-/m0/s1. The van der Waals surface area contributed by atoms with E-state index < -0.39 is 0 Å². The topological polar surface area (TPSA) is 37.3 Å². The maximum absolute atomic E-state index is 12.8. The Kier molecular flexibility index (Phi) is 5.11. The molecule has 0 bridgehead atoms. The van der Waals surface area contributed by atoms with Crippen LogP contribution in [0.4, 0.5) is 0 Å². The molecule has 0 heterocycles. The summed E-state index contributed by atoms with van der Waals surface area (Å²) in [5.74, 6) is 3.09. The van der Waals surface area contributed by atoms with Crippen LogP contribution in [-0.2, 0) is 11.2 Å². The van der Waals surface area contributed by atoms with Gasteiger partial charge in [-0.25, -0.2) is 0 Å². The van der Waals surface area contributed by atoms with E-state index >= 15 is 0 Å². The van der Waals surface area contributed by atoms with Crippen molar-refractivity contribution in [2.45, 2.75) is 57.8 Å². The summed E-state index contributed by atoms with van der Waals surface area (Å²) in [6.07, 6.45) is 9.36. The molecule has 0 saturated heterocycles. The van der Waals surface area contributed by atoms with Crippen LogP contribution in [0.2, 0.25) is 0 Å². The molecule has 5 atom stereocenters. The highest BCUT2D eigenvalue weighted by Gasteiger charge is 2.57. The molecule has 2 nitrogen and oxygen atoms in total. The first-order valence-corrected chi connectivity index (χ1v) is 11.3. The summed E-state index contributed by atoms with van der Waals surface area (Å²) in [5, 5.41) is 9.92. The van der Waals surface area contributed by atoms with E-state index in [1.807, 2.05) is 12.1 Å². The summed E-state index contributed by atoms with van der Waals surface area (Å²) in [4.78, 5) is 12.8. The minimum Gasteiger partial charge on any atom is -0.508 e. The van der Waals surface area contributed by atoms with Crippen LogP contribution in [0.5, 0.6) is 5.75 Å². The lowest BCUT2D eigenvalue weighted by Crippen LogP contribution is -2.46. The largest absolute Gasteiger partial charge is 0.508 e. The van der Waals surface area contributed by atoms with Gasteiger partial charge in [0.25, 0.3) is 0 Å². The Bertz CT molecular complexity index is 753. The van der Waals surface area contributed by atoms with Gasteiger partial charge in [0.15, 0.2) is 0 Å². The van der Waals surface area contributed by atoms with E-state index in [1.54, 1.807) is 0 Å². The van der Waals surface area contributed by atoms with Gasteiger partial charge in [-0.3, -0.25) is 4.79 Å². The highest BCUT2D eigenvalue weighted by atomic mass is 79.9. The van der Waals surface area contributed by atoms with E-state index in [-0.39, 0.29) is 5.41 Å². The highest BCUT2D eigenvalue weighted by Crippen LogP contribution is 2.62. The van der Waals surface area contributed by atoms with Crippen LogP contribution in [0.15, 0.2) is 27.7 Å². The molecule has 4 rings (SSSR count). The Balaban J connectivity index is 1.71. The zero-order valence-electron chi connectivity index (χ0n) is 15.2. The molecular formula is C22H26Br2O2. The van der Waals surface area contributed by atoms with Crippen LogP contribution < -0.4 is 0 Å². The molecule has 1 aromatic rings. The first-order valence-electron chi connectivity index (χ1n) is 9.76. The molecule has 0 amide bonds. The van der Waals surface area contributed by atoms with E-state index in [0.29, 0.717) is 35.2 Å². The molecule has 3 aliphatic rings. The van der Waals surface area contributed by atoms with E-state index in [4.69, 9.17) is 0 Å². The zero-order chi connectivity index (χ0) is 18.5. The molecule has 0 aliphatic heterocycles. The number of aromatic hydroxyl groups is 1. The molecular weight excluding hydrogens is 456 g/mol. The van der Waals surface area contributed by atoms with Crippen LogP contribution in [-0.4, -0.2) is 10.9 Å². The number of ketones is 1. The molecule has 0 aromatic heterocycles. The first-order chi connectivity index (χ1) is 12.4. The third kappa shape index (κ3) is 3.11. The van der Waals surface area contributed by atoms with Gasteiger partial charge in [0.1, 0.15) is 11.5 Å². The van der Waals surface area contributed by atoms with Crippen LogP contribution in [0.3, 0.4) is 0 Å². The van der Waals surface area contributed by atoms with E-state index in [9.17, 15) is 9.90 Å². The van der Waals surface area contributed by atoms with Crippen LogP contribution in [0.1, 0.15) is 62.5 Å². The van der Waals surface area contributed by atoms with Crippen molar-refractivity contribution in [3.05, 3.63) is 38.8 Å². The van der Waals surface area contributed by atoms with E-state index in [2.05, 4.69) is 50.9 Å². The second kappa shape index (κ2) is 7.09. The fourth-order valence-electron chi connectivity index (χ4n) is 6.33. The normalized spacial score (nSPS) is 35.4. The number of phenols is 1. The molecule has 3 aliphatic carbocycles. The molecule has 2 saturated carbocycles. The fourth-order valence-corrected chi connectivity index (χ4v) is 6.79. The molecule has 1 aromatic carbocycles. The van der Waals surface area contributed by atoms with Crippen molar-refractivity contribution in [3.8, 4) is 5.75 Å². The lowest BCUT2D eigenvalue weighted by Gasteiger charge is -2.52. The van der Waals surface area contributed by atoms with Crippen molar-refractivity contribution in [1.29, 1.82) is 0 Å². The van der Waals surface area contributed by atoms with Gasteiger partial charge in [0.05, 0.1) is 3.39 Å². The number of benzene rings is 1. The summed E-state index contributed by atoms with van der Waals surface area (Å²) < 4.78 is 1.01. The lowest BCUT2D eigenvalue weighted by atomic mass is 9.51. The van der Waals surface area contributed by atoms with Gasteiger partial charge in [-0.05, 0) is 117 Å². The average molecular weight is 482 g/mol. The summed E-state index contributed by atoms with van der Waals surface area (Å²) in [6, 6.07) is 5.97. The Morgan fingerprint density at radius 1 is 1.31 bits per heavy atom. The van der Waals surface area contributed by atoms with Gasteiger partial charge in [-0.1, -0.05) is 19.1 Å². The smallest absolute Gasteiger partial charge is 0.139 e. The Morgan fingerprint density at radius 3 is 2.88 bits per heavy atom. The van der Waals surface area contributed by atoms with Crippen LogP contribution >= 0.6 is 31.9 Å². The molecule has 3 unspecified atom stereocenters. The number of Topliss-reactive ketones (excluding diaryl/α,β-unsaturated/α-hetero) is 1. The van der Waals surface area contributed by atoms with Crippen LogP contribution in [0.25, 0.3) is 0 Å². The van der Waals surface area contributed by atoms with E-state index in [1.165, 1.54) is 11.1 Å². The third-order valence-corrected chi connectivity index (χ3v) is 8.03. The predicted molar refractivity (Wildman–Crippen MR) is 112 cm³/mol. The number of aryl methyl sites for hydroxylation is 1. The number of phenolic OH excluding ortho intramolecular Hbond substituents is 1. The molecule has 26 heavy (non-hydrogen) atoms. The predicted octanol–water partition coefficient (Wildman–Crippen LogP) is 6.45. The number of hydrogen-bond acceptors (Lipinski definition) is 2. The maximum atomic E-state index is 12.8. The Hall–Kier alpha value is -0.610.